The second-order valence-electron chi connectivity index (χ2n) is 6.01. The van der Waals surface area contributed by atoms with Gasteiger partial charge in [-0.05, 0) is 36.7 Å². The summed E-state index contributed by atoms with van der Waals surface area (Å²) in [6, 6.07) is 7.99. The highest BCUT2D eigenvalue weighted by Gasteiger charge is 2.42. The maximum atomic E-state index is 13.2. The van der Waals surface area contributed by atoms with E-state index in [-0.39, 0.29) is 14.5 Å². The number of benzene rings is 1. The Bertz CT molecular complexity index is 1010. The predicted molar refractivity (Wildman–Crippen MR) is 99.6 cm³/mol. The molecule has 0 radical (unpaired) electrons. The van der Waals surface area contributed by atoms with Crippen molar-refractivity contribution in [3.63, 3.8) is 0 Å². The Kier molecular flexibility index (Phi) is 5.15. The maximum absolute atomic E-state index is 13.2. The Morgan fingerprint density at radius 3 is 2.50 bits per heavy atom. The van der Waals surface area contributed by atoms with Crippen LogP contribution in [0.25, 0.3) is 0 Å². The van der Waals surface area contributed by atoms with Gasteiger partial charge in [0.2, 0.25) is 10.0 Å². The number of nitrogens with two attached hydrogens (primary N) is 1. The lowest BCUT2D eigenvalue weighted by Crippen LogP contribution is -2.30. The van der Waals surface area contributed by atoms with E-state index in [2.05, 4.69) is 5.32 Å². The molecule has 142 valence electrons. The van der Waals surface area contributed by atoms with Gasteiger partial charge in [0.15, 0.2) is 9.84 Å². The lowest BCUT2D eigenvalue weighted by molar-refractivity contribution is 0.414. The molecule has 1 aromatic heterocycles. The van der Waals surface area contributed by atoms with E-state index in [1.54, 1.807) is 31.4 Å². The summed E-state index contributed by atoms with van der Waals surface area (Å²) in [6.45, 7) is 2.54. The molecular weight excluding hydrogens is 396 g/mol. The Hall–Kier alpha value is -1.46. The Labute approximate surface area is 157 Å². The molecule has 0 fully saturated rings. The molecule has 0 aliphatic carbocycles. The lowest BCUT2D eigenvalue weighted by atomic mass is 9.99. The smallest absolute Gasteiger partial charge is 0.247 e. The van der Waals surface area contributed by atoms with E-state index in [9.17, 15) is 16.8 Å². The van der Waals surface area contributed by atoms with Crippen molar-refractivity contribution >= 4 is 31.2 Å². The molecule has 7 nitrogen and oxygen atoms in total. The van der Waals surface area contributed by atoms with E-state index < -0.39 is 25.1 Å². The van der Waals surface area contributed by atoms with Crippen LogP contribution in [-0.2, 0) is 19.9 Å². The van der Waals surface area contributed by atoms with Crippen LogP contribution in [0.5, 0.6) is 5.75 Å². The lowest BCUT2D eigenvalue weighted by Gasteiger charge is -2.30. The Balaban J connectivity index is 2.13. The number of thiophene rings is 1. The largest absolute Gasteiger partial charge is 0.497 e. The molecule has 0 amide bonds. The minimum atomic E-state index is -3.97. The van der Waals surface area contributed by atoms with Crippen molar-refractivity contribution < 1.29 is 21.6 Å². The molecule has 26 heavy (non-hydrogen) atoms. The first kappa shape index (κ1) is 19.3. The minimum Gasteiger partial charge on any atom is -0.497 e. The van der Waals surface area contributed by atoms with Gasteiger partial charge < -0.3 is 10.1 Å². The van der Waals surface area contributed by atoms with E-state index in [0.29, 0.717) is 29.8 Å². The molecule has 2 heterocycles. The number of ether oxygens (including phenoxy) is 1. The average molecular weight is 417 g/mol. The van der Waals surface area contributed by atoms with Crippen molar-refractivity contribution in [3.8, 4) is 5.75 Å². The van der Waals surface area contributed by atoms with E-state index in [1.165, 1.54) is 6.07 Å². The molecule has 0 spiro atoms. The number of hydrogen-bond acceptors (Lipinski definition) is 7. The zero-order valence-electron chi connectivity index (χ0n) is 14.3. The summed E-state index contributed by atoms with van der Waals surface area (Å²) in [7, 11) is -6.15. The fourth-order valence-corrected chi connectivity index (χ4v) is 7.83. The number of rotatable bonds is 5. The molecule has 1 aromatic carbocycles. The number of hydrogen-bond donors (Lipinski definition) is 2. The Morgan fingerprint density at radius 1 is 1.31 bits per heavy atom. The second kappa shape index (κ2) is 6.93. The van der Waals surface area contributed by atoms with E-state index >= 15 is 0 Å². The molecule has 3 N–H and O–H groups in total. The fourth-order valence-electron chi connectivity index (χ4n) is 3.14. The molecule has 3 rings (SSSR count). The normalized spacial score (nSPS) is 22.0. The standard InChI is InChI=1S/C16H20N2O5S3/c1-3-18-13-9-14(10-4-6-11(23-2)7-5-10)25(19,20)16-12(13)8-15(24-16)26(17,21)22/h4-8,13-14,18H,3,9H2,1-2H3,(H2,17,21,22). The van der Waals surface area contributed by atoms with Gasteiger partial charge in [-0.1, -0.05) is 19.1 Å². The number of primary sulfonamides is 1. The predicted octanol–water partition coefficient (Wildman–Crippen LogP) is 1.97. The van der Waals surface area contributed by atoms with Crippen LogP contribution in [0.3, 0.4) is 0 Å². The van der Waals surface area contributed by atoms with Crippen LogP contribution in [0.15, 0.2) is 38.8 Å². The zero-order chi connectivity index (χ0) is 19.1. The summed E-state index contributed by atoms with van der Waals surface area (Å²) >= 11 is 0.719. The van der Waals surface area contributed by atoms with Crippen LogP contribution in [0.4, 0.5) is 0 Å². The fraction of sp³-hybridized carbons (Fsp3) is 0.375. The number of sulfone groups is 1. The van der Waals surface area contributed by atoms with Gasteiger partial charge in [0.1, 0.15) is 14.2 Å². The SMILES string of the molecule is CCNC1CC(c2ccc(OC)cc2)S(=O)(=O)c2sc(S(N)(=O)=O)cc21. The second-order valence-corrected chi connectivity index (χ2v) is 11.2. The van der Waals surface area contributed by atoms with Crippen molar-refractivity contribution in [3.05, 3.63) is 41.5 Å². The summed E-state index contributed by atoms with van der Waals surface area (Å²) in [5.41, 5.74) is 1.12. The molecule has 1 aliphatic heterocycles. The summed E-state index contributed by atoms with van der Waals surface area (Å²) in [5.74, 6) is 0.638. The summed E-state index contributed by atoms with van der Waals surface area (Å²) in [6.07, 6.45) is 0.316. The summed E-state index contributed by atoms with van der Waals surface area (Å²) < 4.78 is 54.8. The van der Waals surface area contributed by atoms with E-state index in [4.69, 9.17) is 9.88 Å². The average Bonchev–Trinajstić information content (AvgIpc) is 3.05. The first-order chi connectivity index (χ1) is 12.2. The third-order valence-corrected chi connectivity index (χ3v) is 9.66. The van der Waals surface area contributed by atoms with Gasteiger partial charge in [0, 0.05) is 11.6 Å². The van der Waals surface area contributed by atoms with Crippen molar-refractivity contribution in [2.24, 2.45) is 5.14 Å². The van der Waals surface area contributed by atoms with E-state index in [0.717, 1.165) is 11.3 Å². The molecule has 0 bridgehead atoms. The summed E-state index contributed by atoms with van der Waals surface area (Å²) in [4.78, 5) is 0. The van der Waals surface area contributed by atoms with Gasteiger partial charge in [-0.2, -0.15) is 0 Å². The number of sulfonamides is 1. The molecule has 2 atom stereocenters. The maximum Gasteiger partial charge on any atom is 0.247 e. The van der Waals surface area contributed by atoms with Crippen LogP contribution >= 0.6 is 11.3 Å². The molecule has 2 unspecified atom stereocenters. The van der Waals surface area contributed by atoms with Crippen molar-refractivity contribution in [2.45, 2.75) is 33.1 Å². The van der Waals surface area contributed by atoms with Gasteiger partial charge in [0.05, 0.1) is 12.4 Å². The van der Waals surface area contributed by atoms with Crippen LogP contribution in [0, 0.1) is 0 Å². The Morgan fingerprint density at radius 2 is 1.96 bits per heavy atom. The quantitative estimate of drug-likeness (QED) is 0.770. The van der Waals surface area contributed by atoms with Gasteiger partial charge in [-0.15, -0.1) is 11.3 Å². The van der Waals surface area contributed by atoms with Crippen LogP contribution in [-0.4, -0.2) is 30.5 Å². The van der Waals surface area contributed by atoms with E-state index in [1.807, 2.05) is 6.92 Å². The zero-order valence-corrected chi connectivity index (χ0v) is 16.7. The number of fused-ring (bicyclic) bond motifs is 1. The molecule has 2 aromatic rings. The van der Waals surface area contributed by atoms with Crippen LogP contribution in [0.2, 0.25) is 0 Å². The van der Waals surface area contributed by atoms with Gasteiger partial charge in [-0.25, -0.2) is 22.0 Å². The van der Waals surface area contributed by atoms with Crippen LogP contribution < -0.4 is 15.2 Å². The topological polar surface area (TPSA) is 116 Å². The van der Waals surface area contributed by atoms with Crippen molar-refractivity contribution in [2.75, 3.05) is 13.7 Å². The summed E-state index contributed by atoms with van der Waals surface area (Å²) in [5, 5.41) is 7.69. The molecule has 0 saturated heterocycles. The highest BCUT2D eigenvalue weighted by Crippen LogP contribution is 2.48. The van der Waals surface area contributed by atoms with Crippen molar-refractivity contribution in [1.29, 1.82) is 0 Å². The van der Waals surface area contributed by atoms with Crippen LogP contribution in [0.1, 0.15) is 35.8 Å². The highest BCUT2D eigenvalue weighted by molar-refractivity contribution is 7.95. The number of methoxy groups -OCH3 is 1. The number of nitrogens with one attached hydrogen (secondary N) is 1. The molecular formula is C16H20N2O5S3. The van der Waals surface area contributed by atoms with Gasteiger partial charge in [-0.3, -0.25) is 0 Å². The third-order valence-electron chi connectivity index (χ3n) is 4.38. The minimum absolute atomic E-state index is 0.0690. The monoisotopic (exact) mass is 416 g/mol. The third kappa shape index (κ3) is 3.39. The first-order valence-corrected chi connectivity index (χ1v) is 11.9. The van der Waals surface area contributed by atoms with Gasteiger partial charge in [0.25, 0.3) is 0 Å². The van der Waals surface area contributed by atoms with Gasteiger partial charge >= 0.3 is 0 Å². The van der Waals surface area contributed by atoms with Crippen molar-refractivity contribution in [1.82, 2.24) is 5.32 Å². The molecule has 0 saturated carbocycles. The molecule has 1 aliphatic rings. The molecule has 10 heteroatoms. The highest BCUT2D eigenvalue weighted by atomic mass is 32.3. The first-order valence-electron chi connectivity index (χ1n) is 7.96.